The van der Waals surface area contributed by atoms with E-state index in [4.69, 9.17) is 16.3 Å². The minimum Gasteiger partial charge on any atom is -0.491 e. The van der Waals surface area contributed by atoms with Crippen LogP contribution in [-0.4, -0.2) is 24.4 Å². The van der Waals surface area contributed by atoms with Crippen molar-refractivity contribution < 1.29 is 9.53 Å². The second kappa shape index (κ2) is 6.64. The molecule has 0 aliphatic heterocycles. The molecule has 100 valence electrons. The summed E-state index contributed by atoms with van der Waals surface area (Å²) in [7, 11) is 0. The summed E-state index contributed by atoms with van der Waals surface area (Å²) in [6.45, 7) is 6.59. The predicted octanol–water partition coefficient (Wildman–Crippen LogP) is 2.84. The molecule has 0 fully saturated rings. The van der Waals surface area contributed by atoms with E-state index in [1.165, 1.54) is 0 Å². The molecule has 0 heterocycles. The van der Waals surface area contributed by atoms with Gasteiger partial charge in [-0.3, -0.25) is 4.79 Å². The standard InChI is InChI=1S/C14H20ClNO2/c1-14(2,3)12(16-13(17)9-15)10-18-11-7-5-4-6-8-11/h4-8,12H,9-10H2,1-3H3,(H,16,17). The molecule has 1 rings (SSSR count). The van der Waals surface area contributed by atoms with Crippen molar-refractivity contribution in [2.75, 3.05) is 12.5 Å². The number of rotatable bonds is 5. The predicted molar refractivity (Wildman–Crippen MR) is 74.0 cm³/mol. The molecule has 0 radical (unpaired) electrons. The molecule has 0 aliphatic rings. The number of para-hydroxylation sites is 1. The van der Waals surface area contributed by atoms with Crippen molar-refractivity contribution in [1.29, 1.82) is 0 Å². The number of halogens is 1. The summed E-state index contributed by atoms with van der Waals surface area (Å²) in [6, 6.07) is 9.47. The maximum absolute atomic E-state index is 11.4. The maximum Gasteiger partial charge on any atom is 0.235 e. The SMILES string of the molecule is CC(C)(C)C(COc1ccccc1)NC(=O)CCl. The second-order valence-electron chi connectivity index (χ2n) is 5.24. The fraction of sp³-hybridized carbons (Fsp3) is 0.500. The molecule has 1 N–H and O–H groups in total. The smallest absolute Gasteiger partial charge is 0.235 e. The topological polar surface area (TPSA) is 38.3 Å². The van der Waals surface area contributed by atoms with Crippen molar-refractivity contribution in [3.05, 3.63) is 30.3 Å². The summed E-state index contributed by atoms with van der Waals surface area (Å²) in [4.78, 5) is 11.4. The van der Waals surface area contributed by atoms with Crippen LogP contribution >= 0.6 is 11.6 Å². The molecule has 0 saturated carbocycles. The average molecular weight is 270 g/mol. The lowest BCUT2D eigenvalue weighted by Crippen LogP contribution is -2.48. The Morgan fingerprint density at radius 3 is 2.44 bits per heavy atom. The lowest BCUT2D eigenvalue weighted by Gasteiger charge is -2.31. The van der Waals surface area contributed by atoms with Gasteiger partial charge in [0, 0.05) is 0 Å². The summed E-state index contributed by atoms with van der Waals surface area (Å²) in [5, 5.41) is 2.88. The first-order valence-electron chi connectivity index (χ1n) is 5.96. The Morgan fingerprint density at radius 2 is 1.94 bits per heavy atom. The van der Waals surface area contributed by atoms with Gasteiger partial charge in [-0.15, -0.1) is 11.6 Å². The molecule has 0 aromatic heterocycles. The Bertz CT molecular complexity index is 373. The molecular formula is C14H20ClNO2. The van der Waals surface area contributed by atoms with Gasteiger partial charge in [-0.2, -0.15) is 0 Å². The molecule has 1 atom stereocenters. The van der Waals surface area contributed by atoms with E-state index in [-0.39, 0.29) is 23.2 Å². The zero-order valence-electron chi connectivity index (χ0n) is 11.1. The van der Waals surface area contributed by atoms with Gasteiger partial charge in [0.15, 0.2) is 0 Å². The monoisotopic (exact) mass is 269 g/mol. The van der Waals surface area contributed by atoms with Crippen LogP contribution in [0.4, 0.5) is 0 Å². The van der Waals surface area contributed by atoms with Crippen molar-refractivity contribution >= 4 is 17.5 Å². The number of carbonyl (C=O) groups excluding carboxylic acids is 1. The molecule has 1 unspecified atom stereocenters. The third kappa shape index (κ3) is 4.96. The minimum absolute atomic E-state index is 0.0298. The second-order valence-corrected chi connectivity index (χ2v) is 5.51. The largest absolute Gasteiger partial charge is 0.491 e. The first kappa shape index (κ1) is 14.8. The molecular weight excluding hydrogens is 250 g/mol. The first-order chi connectivity index (χ1) is 8.43. The van der Waals surface area contributed by atoms with Crippen molar-refractivity contribution in [2.24, 2.45) is 5.41 Å². The van der Waals surface area contributed by atoms with Gasteiger partial charge in [0.05, 0.1) is 6.04 Å². The van der Waals surface area contributed by atoms with Crippen molar-refractivity contribution in [2.45, 2.75) is 26.8 Å². The van der Waals surface area contributed by atoms with Crippen LogP contribution in [0.2, 0.25) is 0 Å². The number of hydrogen-bond donors (Lipinski definition) is 1. The quantitative estimate of drug-likeness (QED) is 0.835. The number of benzene rings is 1. The van der Waals surface area contributed by atoms with Gasteiger partial charge in [0.25, 0.3) is 0 Å². The summed E-state index contributed by atoms with van der Waals surface area (Å²) in [5.41, 5.74) is -0.0868. The molecule has 1 aromatic carbocycles. The Balaban J connectivity index is 2.59. The van der Waals surface area contributed by atoms with E-state index in [9.17, 15) is 4.79 Å². The van der Waals surface area contributed by atoms with Gasteiger partial charge in [0.2, 0.25) is 5.91 Å². The Labute approximate surface area is 113 Å². The van der Waals surface area contributed by atoms with Gasteiger partial charge in [-0.05, 0) is 17.5 Å². The highest BCUT2D eigenvalue weighted by atomic mass is 35.5. The van der Waals surface area contributed by atoms with Crippen LogP contribution in [0.3, 0.4) is 0 Å². The minimum atomic E-state index is -0.173. The first-order valence-corrected chi connectivity index (χ1v) is 6.50. The molecule has 0 bridgehead atoms. The molecule has 3 nitrogen and oxygen atoms in total. The van der Waals surface area contributed by atoms with E-state index in [1.54, 1.807) is 0 Å². The van der Waals surface area contributed by atoms with Gasteiger partial charge in [-0.25, -0.2) is 0 Å². The number of ether oxygens (including phenoxy) is 1. The van der Waals surface area contributed by atoms with E-state index in [0.717, 1.165) is 5.75 Å². The van der Waals surface area contributed by atoms with Crippen LogP contribution in [0.25, 0.3) is 0 Å². The number of carbonyl (C=O) groups is 1. The number of hydrogen-bond acceptors (Lipinski definition) is 2. The summed E-state index contributed by atoms with van der Waals surface area (Å²) >= 11 is 5.51. The molecule has 1 aromatic rings. The Kier molecular flexibility index (Phi) is 5.48. The van der Waals surface area contributed by atoms with Gasteiger partial charge >= 0.3 is 0 Å². The maximum atomic E-state index is 11.4. The van der Waals surface area contributed by atoms with Crippen LogP contribution < -0.4 is 10.1 Å². The highest BCUT2D eigenvalue weighted by molar-refractivity contribution is 6.27. The van der Waals surface area contributed by atoms with Crippen LogP contribution in [0, 0.1) is 5.41 Å². The van der Waals surface area contributed by atoms with Crippen molar-refractivity contribution in [3.8, 4) is 5.75 Å². The van der Waals surface area contributed by atoms with E-state index in [1.807, 2.05) is 30.3 Å². The van der Waals surface area contributed by atoms with Crippen LogP contribution in [0.1, 0.15) is 20.8 Å². The highest BCUT2D eigenvalue weighted by Crippen LogP contribution is 2.20. The molecule has 0 saturated heterocycles. The lowest BCUT2D eigenvalue weighted by atomic mass is 9.87. The normalized spacial score (nSPS) is 12.9. The highest BCUT2D eigenvalue weighted by Gasteiger charge is 2.26. The molecule has 0 aliphatic carbocycles. The van der Waals surface area contributed by atoms with Crippen LogP contribution in [-0.2, 0) is 4.79 Å². The third-order valence-corrected chi connectivity index (χ3v) is 2.90. The molecule has 1 amide bonds. The van der Waals surface area contributed by atoms with Gasteiger partial charge in [0.1, 0.15) is 18.2 Å². The van der Waals surface area contributed by atoms with Crippen LogP contribution in [0.5, 0.6) is 5.75 Å². The van der Waals surface area contributed by atoms with E-state index in [0.29, 0.717) is 6.61 Å². The third-order valence-electron chi connectivity index (χ3n) is 2.66. The Morgan fingerprint density at radius 1 is 1.33 bits per heavy atom. The van der Waals surface area contributed by atoms with E-state index in [2.05, 4.69) is 26.1 Å². The molecule has 0 spiro atoms. The molecule has 4 heteroatoms. The van der Waals surface area contributed by atoms with Crippen molar-refractivity contribution in [1.82, 2.24) is 5.32 Å². The van der Waals surface area contributed by atoms with Crippen molar-refractivity contribution in [3.63, 3.8) is 0 Å². The molecule has 18 heavy (non-hydrogen) atoms. The summed E-state index contributed by atoms with van der Waals surface area (Å²) < 4.78 is 5.68. The number of alkyl halides is 1. The lowest BCUT2D eigenvalue weighted by molar-refractivity contribution is -0.120. The summed E-state index contributed by atoms with van der Waals surface area (Å²) in [5.74, 6) is 0.595. The zero-order chi connectivity index (χ0) is 13.6. The van der Waals surface area contributed by atoms with Gasteiger partial charge in [-0.1, -0.05) is 39.0 Å². The zero-order valence-corrected chi connectivity index (χ0v) is 11.8. The van der Waals surface area contributed by atoms with E-state index >= 15 is 0 Å². The summed E-state index contributed by atoms with van der Waals surface area (Å²) in [6.07, 6.45) is 0. The fourth-order valence-electron chi connectivity index (χ4n) is 1.44. The van der Waals surface area contributed by atoms with E-state index < -0.39 is 0 Å². The van der Waals surface area contributed by atoms with Crippen LogP contribution in [0.15, 0.2) is 30.3 Å². The average Bonchev–Trinajstić information content (AvgIpc) is 2.34. The number of nitrogens with one attached hydrogen (secondary N) is 1. The number of amides is 1. The Hall–Kier alpha value is -1.22. The fourth-order valence-corrected chi connectivity index (χ4v) is 1.51. The van der Waals surface area contributed by atoms with Gasteiger partial charge < -0.3 is 10.1 Å².